The van der Waals surface area contributed by atoms with Crippen molar-refractivity contribution in [3.8, 4) is 0 Å². The van der Waals surface area contributed by atoms with Crippen molar-refractivity contribution in [3.05, 3.63) is 47.8 Å². The first-order valence-corrected chi connectivity index (χ1v) is 6.53. The Bertz CT molecular complexity index is 576. The maximum atomic E-state index is 5.40. The van der Waals surface area contributed by atoms with E-state index in [0.717, 1.165) is 11.4 Å². The zero-order valence-corrected chi connectivity index (χ0v) is 12.2. The van der Waals surface area contributed by atoms with Crippen LogP contribution in [0.15, 0.2) is 36.5 Å². The summed E-state index contributed by atoms with van der Waals surface area (Å²) in [6, 6.07) is 10.1. The van der Waals surface area contributed by atoms with Gasteiger partial charge in [0.2, 0.25) is 0 Å². The Kier molecular flexibility index (Phi) is 4.16. The monoisotopic (exact) mass is 274 g/mol. The van der Waals surface area contributed by atoms with E-state index < -0.39 is 0 Å². The Hall–Kier alpha value is -1.88. The molecular weight excluding hydrogens is 256 g/mol. The van der Waals surface area contributed by atoms with Crippen LogP contribution in [0.5, 0.6) is 0 Å². The number of thiocarbonyl (C=S) groups is 1. The average molecular weight is 274 g/mol. The Labute approximate surface area is 119 Å². The van der Waals surface area contributed by atoms with Crippen LogP contribution >= 0.6 is 12.2 Å². The quantitative estimate of drug-likeness (QED) is 0.872. The molecule has 0 atom stereocenters. The van der Waals surface area contributed by atoms with Crippen molar-refractivity contribution in [2.75, 3.05) is 12.4 Å². The molecule has 19 heavy (non-hydrogen) atoms. The van der Waals surface area contributed by atoms with Gasteiger partial charge in [-0.25, -0.2) is 0 Å². The summed E-state index contributed by atoms with van der Waals surface area (Å²) in [5.74, 6) is 0. The molecule has 4 nitrogen and oxygen atoms in total. The Morgan fingerprint density at radius 2 is 2.11 bits per heavy atom. The van der Waals surface area contributed by atoms with Gasteiger partial charge in [-0.05, 0) is 36.8 Å². The second-order valence-electron chi connectivity index (χ2n) is 4.58. The number of nitrogens with one attached hydrogen (secondary N) is 1. The van der Waals surface area contributed by atoms with Crippen LogP contribution in [0.3, 0.4) is 0 Å². The zero-order chi connectivity index (χ0) is 13.8. The van der Waals surface area contributed by atoms with Gasteiger partial charge in [0.1, 0.15) is 0 Å². The highest BCUT2D eigenvalue weighted by molar-refractivity contribution is 7.80. The van der Waals surface area contributed by atoms with Gasteiger partial charge in [-0.2, -0.15) is 5.10 Å². The van der Waals surface area contributed by atoms with Gasteiger partial charge < -0.3 is 10.2 Å². The average Bonchev–Trinajstić information content (AvgIpc) is 2.77. The molecule has 0 spiro atoms. The highest BCUT2D eigenvalue weighted by atomic mass is 32.1. The van der Waals surface area contributed by atoms with Gasteiger partial charge in [0.25, 0.3) is 0 Å². The van der Waals surface area contributed by atoms with Crippen LogP contribution in [0.2, 0.25) is 0 Å². The van der Waals surface area contributed by atoms with Gasteiger partial charge in [0.05, 0.1) is 12.2 Å². The first-order valence-electron chi connectivity index (χ1n) is 6.12. The fourth-order valence-electron chi connectivity index (χ4n) is 1.79. The second-order valence-corrected chi connectivity index (χ2v) is 4.97. The molecule has 1 aromatic carbocycles. The summed E-state index contributed by atoms with van der Waals surface area (Å²) in [5.41, 5.74) is 3.22. The molecule has 0 fully saturated rings. The third kappa shape index (κ3) is 3.54. The summed E-state index contributed by atoms with van der Waals surface area (Å²) in [7, 11) is 3.87. The van der Waals surface area contributed by atoms with Gasteiger partial charge in [0, 0.05) is 26.0 Å². The lowest BCUT2D eigenvalue weighted by Gasteiger charge is -2.20. The van der Waals surface area contributed by atoms with Gasteiger partial charge >= 0.3 is 0 Å². The maximum Gasteiger partial charge on any atom is 0.173 e. The van der Waals surface area contributed by atoms with Crippen LogP contribution in [-0.2, 0) is 13.6 Å². The molecule has 0 aliphatic heterocycles. The number of hydrogen-bond donors (Lipinski definition) is 1. The largest absolute Gasteiger partial charge is 0.346 e. The SMILES string of the molecule is Cc1ccccc1NC(=S)N(C)Cc1ccn(C)n1. The van der Waals surface area contributed by atoms with Crippen molar-refractivity contribution in [2.45, 2.75) is 13.5 Å². The Morgan fingerprint density at radius 3 is 2.74 bits per heavy atom. The molecule has 1 heterocycles. The van der Waals surface area contributed by atoms with Crippen molar-refractivity contribution in [1.82, 2.24) is 14.7 Å². The van der Waals surface area contributed by atoms with E-state index in [1.54, 1.807) is 4.68 Å². The van der Waals surface area contributed by atoms with Crippen LogP contribution in [0.4, 0.5) is 5.69 Å². The molecule has 0 saturated carbocycles. The van der Waals surface area contributed by atoms with Crippen LogP contribution in [0, 0.1) is 6.92 Å². The van der Waals surface area contributed by atoms with Gasteiger partial charge in [-0.15, -0.1) is 0 Å². The van der Waals surface area contributed by atoms with Crippen molar-refractivity contribution < 1.29 is 0 Å². The van der Waals surface area contributed by atoms with E-state index in [-0.39, 0.29) is 0 Å². The molecule has 1 aromatic heterocycles. The van der Waals surface area contributed by atoms with Gasteiger partial charge in [0.15, 0.2) is 5.11 Å². The molecule has 0 amide bonds. The summed E-state index contributed by atoms with van der Waals surface area (Å²) in [4.78, 5) is 1.98. The first-order chi connectivity index (χ1) is 9.06. The van der Waals surface area contributed by atoms with Crippen molar-refractivity contribution >= 4 is 23.0 Å². The number of anilines is 1. The summed E-state index contributed by atoms with van der Waals surface area (Å²) >= 11 is 5.40. The molecule has 0 unspecified atom stereocenters. The summed E-state index contributed by atoms with van der Waals surface area (Å²) < 4.78 is 1.79. The molecule has 0 saturated heterocycles. The third-order valence-electron chi connectivity index (χ3n) is 2.90. The fraction of sp³-hybridized carbons (Fsp3) is 0.286. The predicted molar refractivity (Wildman–Crippen MR) is 82.1 cm³/mol. The number of rotatable bonds is 3. The molecular formula is C14H18N4S. The van der Waals surface area contributed by atoms with Gasteiger partial charge in [-0.1, -0.05) is 18.2 Å². The van der Waals surface area contributed by atoms with E-state index in [9.17, 15) is 0 Å². The minimum absolute atomic E-state index is 0.693. The molecule has 2 aromatic rings. The minimum atomic E-state index is 0.693. The standard InChI is InChI=1S/C14H18N4S/c1-11-6-4-5-7-13(11)15-14(19)17(2)10-12-8-9-18(3)16-12/h4-9H,10H2,1-3H3,(H,15,19). The summed E-state index contributed by atoms with van der Waals surface area (Å²) in [5, 5.41) is 8.30. The number of hydrogen-bond acceptors (Lipinski definition) is 2. The third-order valence-corrected chi connectivity index (χ3v) is 3.32. The van der Waals surface area contributed by atoms with E-state index in [4.69, 9.17) is 12.2 Å². The molecule has 0 aliphatic carbocycles. The molecule has 0 aliphatic rings. The zero-order valence-electron chi connectivity index (χ0n) is 11.4. The topological polar surface area (TPSA) is 33.1 Å². The van der Waals surface area contributed by atoms with Crippen molar-refractivity contribution in [2.24, 2.45) is 7.05 Å². The Balaban J connectivity index is 1.98. The van der Waals surface area contributed by atoms with Crippen molar-refractivity contribution in [1.29, 1.82) is 0 Å². The highest BCUT2D eigenvalue weighted by Crippen LogP contribution is 2.14. The summed E-state index contributed by atoms with van der Waals surface area (Å²) in [6.07, 6.45) is 1.93. The van der Waals surface area contributed by atoms with E-state index in [2.05, 4.69) is 23.4 Å². The number of nitrogens with zero attached hydrogens (tertiary/aromatic N) is 3. The lowest BCUT2D eigenvalue weighted by molar-refractivity contribution is 0.495. The molecule has 100 valence electrons. The number of aromatic nitrogens is 2. The van der Waals surface area contributed by atoms with Gasteiger partial charge in [-0.3, -0.25) is 4.68 Å². The normalized spacial score (nSPS) is 10.3. The lowest BCUT2D eigenvalue weighted by Crippen LogP contribution is -2.31. The molecule has 2 rings (SSSR count). The second kappa shape index (κ2) is 5.84. The fourth-order valence-corrected chi connectivity index (χ4v) is 1.96. The number of para-hydroxylation sites is 1. The maximum absolute atomic E-state index is 5.40. The van der Waals surface area contributed by atoms with Crippen LogP contribution in [0.25, 0.3) is 0 Å². The van der Waals surface area contributed by atoms with Crippen LogP contribution in [0.1, 0.15) is 11.3 Å². The first kappa shape index (κ1) is 13.5. The van der Waals surface area contributed by atoms with E-state index in [1.165, 1.54) is 5.56 Å². The van der Waals surface area contributed by atoms with Crippen LogP contribution in [-0.4, -0.2) is 26.8 Å². The smallest absolute Gasteiger partial charge is 0.173 e. The van der Waals surface area contributed by atoms with Crippen molar-refractivity contribution in [3.63, 3.8) is 0 Å². The predicted octanol–water partition coefficient (Wildman–Crippen LogP) is 2.56. The Morgan fingerprint density at radius 1 is 1.37 bits per heavy atom. The molecule has 1 N–H and O–H groups in total. The van der Waals surface area contributed by atoms with Crippen LogP contribution < -0.4 is 5.32 Å². The molecule has 0 radical (unpaired) electrons. The summed E-state index contributed by atoms with van der Waals surface area (Å²) in [6.45, 7) is 2.75. The lowest BCUT2D eigenvalue weighted by atomic mass is 10.2. The highest BCUT2D eigenvalue weighted by Gasteiger charge is 2.08. The number of aryl methyl sites for hydroxylation is 2. The molecule has 5 heteroatoms. The number of benzene rings is 1. The minimum Gasteiger partial charge on any atom is -0.346 e. The van der Waals surface area contributed by atoms with E-state index >= 15 is 0 Å². The van der Waals surface area contributed by atoms with E-state index in [0.29, 0.717) is 11.7 Å². The van der Waals surface area contributed by atoms with E-state index in [1.807, 2.05) is 49.5 Å². The molecule has 0 bridgehead atoms.